The minimum Gasteiger partial charge on any atom is -0.493 e. The van der Waals surface area contributed by atoms with E-state index in [1.54, 1.807) is 43.5 Å². The summed E-state index contributed by atoms with van der Waals surface area (Å²) in [5, 5.41) is 3.25. The van der Waals surface area contributed by atoms with Crippen LogP contribution in [0.1, 0.15) is 34.6 Å². The molecule has 246 valence electrons. The summed E-state index contributed by atoms with van der Waals surface area (Å²) >= 11 is 0. The Bertz CT molecular complexity index is 1830. The number of methoxy groups -OCH3 is 2. The van der Waals surface area contributed by atoms with E-state index in [1.165, 1.54) is 0 Å². The van der Waals surface area contributed by atoms with Crippen molar-refractivity contribution in [3.05, 3.63) is 79.0 Å². The average molecular weight is 641 g/mol. The van der Waals surface area contributed by atoms with Gasteiger partial charge in [0, 0.05) is 30.1 Å². The molecule has 1 amide bonds. The van der Waals surface area contributed by atoms with Crippen LogP contribution in [0.25, 0.3) is 16.9 Å². The van der Waals surface area contributed by atoms with Gasteiger partial charge in [-0.05, 0) is 71.0 Å². The van der Waals surface area contributed by atoms with Crippen molar-refractivity contribution in [1.29, 1.82) is 0 Å². The van der Waals surface area contributed by atoms with E-state index in [4.69, 9.17) is 33.7 Å². The molecule has 3 aromatic carbocycles. The Hall–Kier alpha value is -5.52. The van der Waals surface area contributed by atoms with E-state index < -0.39 is 5.60 Å². The SMILES string of the molecule is COc1cc(Nc2nccc(-n3c(Oc4ccccc4OC)nc4ccccc43)n2)ccc1OCCN(C(=O)OC(C)(C)C)C(C)C. The topological polar surface area (TPSA) is 122 Å². The molecule has 0 unspecified atom stereocenters. The summed E-state index contributed by atoms with van der Waals surface area (Å²) in [4.78, 5) is 28.2. The van der Waals surface area contributed by atoms with Gasteiger partial charge in [0.25, 0.3) is 0 Å². The molecule has 0 atom stereocenters. The molecular weight excluding hydrogens is 600 g/mol. The number of fused-ring (bicyclic) bond motifs is 1. The number of para-hydroxylation sites is 4. The van der Waals surface area contributed by atoms with Gasteiger partial charge in [0.15, 0.2) is 23.0 Å². The zero-order chi connectivity index (χ0) is 33.6. The maximum Gasteiger partial charge on any atom is 0.410 e. The van der Waals surface area contributed by atoms with Crippen molar-refractivity contribution in [3.63, 3.8) is 0 Å². The van der Waals surface area contributed by atoms with Crippen LogP contribution in [0, 0.1) is 0 Å². The number of imidazole rings is 1. The van der Waals surface area contributed by atoms with Crippen LogP contribution in [0.5, 0.6) is 29.0 Å². The number of nitrogens with zero attached hydrogens (tertiary/aromatic N) is 5. The molecule has 47 heavy (non-hydrogen) atoms. The van der Waals surface area contributed by atoms with Crippen molar-refractivity contribution in [2.75, 3.05) is 32.7 Å². The van der Waals surface area contributed by atoms with E-state index in [-0.39, 0.29) is 18.7 Å². The summed E-state index contributed by atoms with van der Waals surface area (Å²) in [6.45, 7) is 10.0. The molecule has 12 nitrogen and oxygen atoms in total. The third-order valence-electron chi connectivity index (χ3n) is 6.93. The molecule has 0 spiro atoms. The highest BCUT2D eigenvalue weighted by Crippen LogP contribution is 2.35. The lowest BCUT2D eigenvalue weighted by molar-refractivity contribution is 0.0164. The van der Waals surface area contributed by atoms with Crippen molar-refractivity contribution in [2.45, 2.75) is 46.3 Å². The number of carbonyl (C=O) groups is 1. The van der Waals surface area contributed by atoms with E-state index in [1.807, 2.05) is 93.8 Å². The van der Waals surface area contributed by atoms with Crippen LogP contribution >= 0.6 is 0 Å². The summed E-state index contributed by atoms with van der Waals surface area (Å²) in [7, 11) is 3.16. The van der Waals surface area contributed by atoms with E-state index in [9.17, 15) is 4.79 Å². The maximum atomic E-state index is 12.7. The van der Waals surface area contributed by atoms with Crippen LogP contribution in [0.15, 0.2) is 79.0 Å². The van der Waals surface area contributed by atoms with Gasteiger partial charge in [-0.1, -0.05) is 24.3 Å². The van der Waals surface area contributed by atoms with Crippen LogP contribution in [0.3, 0.4) is 0 Å². The summed E-state index contributed by atoms with van der Waals surface area (Å²) in [6.07, 6.45) is 1.28. The Morgan fingerprint density at radius 1 is 0.894 bits per heavy atom. The number of hydrogen-bond acceptors (Lipinski definition) is 10. The van der Waals surface area contributed by atoms with Crippen LogP contribution in [-0.2, 0) is 4.74 Å². The Labute approximate surface area is 274 Å². The number of anilines is 2. The lowest BCUT2D eigenvalue weighted by Crippen LogP contribution is -2.43. The first-order chi connectivity index (χ1) is 22.6. The van der Waals surface area contributed by atoms with Gasteiger partial charge in [-0.25, -0.2) is 14.3 Å². The Balaban J connectivity index is 1.34. The third kappa shape index (κ3) is 8.01. The van der Waals surface area contributed by atoms with Crippen molar-refractivity contribution in [2.24, 2.45) is 0 Å². The molecule has 0 radical (unpaired) electrons. The Morgan fingerprint density at radius 3 is 2.34 bits per heavy atom. The van der Waals surface area contributed by atoms with Crippen LogP contribution in [-0.4, -0.2) is 69.5 Å². The molecule has 1 N–H and O–H groups in total. The van der Waals surface area contributed by atoms with Crippen molar-refractivity contribution < 1.29 is 28.5 Å². The zero-order valence-electron chi connectivity index (χ0n) is 27.7. The summed E-state index contributed by atoms with van der Waals surface area (Å²) in [6, 6.07) is 22.6. The number of benzene rings is 3. The quantitative estimate of drug-likeness (QED) is 0.148. The predicted molar refractivity (Wildman–Crippen MR) is 180 cm³/mol. The maximum absolute atomic E-state index is 12.7. The van der Waals surface area contributed by atoms with Gasteiger partial charge in [-0.3, -0.25) is 0 Å². The van der Waals surface area contributed by atoms with Crippen molar-refractivity contribution >= 4 is 28.8 Å². The molecule has 0 aliphatic carbocycles. The van der Waals surface area contributed by atoms with E-state index in [0.717, 1.165) is 11.0 Å². The summed E-state index contributed by atoms with van der Waals surface area (Å²) < 4.78 is 30.7. The molecule has 5 rings (SSSR count). The number of ether oxygens (including phenoxy) is 5. The smallest absolute Gasteiger partial charge is 0.410 e. The molecular formula is C35H40N6O6. The standard InChI is InChI=1S/C35H40N6O6/c1-23(2)40(34(42)47-35(3,4)5)20-21-45-28-17-16-24(22-30(28)44-7)37-32-36-19-18-31(39-32)41-26-13-9-8-12-25(26)38-33(41)46-29-15-11-10-14-27(29)43-6/h8-19,22-23H,20-21H2,1-7H3,(H,36,37,39). The van der Waals surface area contributed by atoms with Gasteiger partial charge < -0.3 is 33.9 Å². The molecule has 0 saturated heterocycles. The molecule has 2 aromatic heterocycles. The molecule has 2 heterocycles. The first kappa shape index (κ1) is 32.9. The van der Waals surface area contributed by atoms with E-state index in [2.05, 4.69) is 10.3 Å². The van der Waals surface area contributed by atoms with Gasteiger partial charge in [0.05, 0.1) is 31.8 Å². The second-order valence-electron chi connectivity index (χ2n) is 11.8. The molecule has 0 aliphatic rings. The second-order valence-corrected chi connectivity index (χ2v) is 11.8. The normalized spacial score (nSPS) is 11.3. The van der Waals surface area contributed by atoms with Crippen molar-refractivity contribution in [3.8, 4) is 34.8 Å². The summed E-state index contributed by atoms with van der Waals surface area (Å²) in [5.74, 6) is 3.04. The number of carbonyl (C=O) groups excluding carboxylic acids is 1. The van der Waals surface area contributed by atoms with Gasteiger partial charge in [-0.2, -0.15) is 9.97 Å². The minimum atomic E-state index is -0.584. The molecule has 0 fully saturated rings. The van der Waals surface area contributed by atoms with Crippen molar-refractivity contribution in [1.82, 2.24) is 24.4 Å². The number of aromatic nitrogens is 4. The average Bonchev–Trinajstić information content (AvgIpc) is 3.40. The monoisotopic (exact) mass is 640 g/mol. The molecule has 0 bridgehead atoms. The van der Waals surface area contributed by atoms with Crippen LogP contribution in [0.4, 0.5) is 16.4 Å². The first-order valence-electron chi connectivity index (χ1n) is 15.3. The lowest BCUT2D eigenvalue weighted by atomic mass is 10.2. The molecule has 0 saturated carbocycles. The molecule has 0 aliphatic heterocycles. The highest BCUT2D eigenvalue weighted by molar-refractivity contribution is 5.79. The number of nitrogens with one attached hydrogen (secondary N) is 1. The van der Waals surface area contributed by atoms with Gasteiger partial charge in [0.2, 0.25) is 5.95 Å². The van der Waals surface area contributed by atoms with E-state index in [0.29, 0.717) is 53.0 Å². The van der Waals surface area contributed by atoms with Crippen LogP contribution < -0.4 is 24.3 Å². The molecule has 5 aromatic rings. The Kier molecular flexibility index (Phi) is 9.98. The van der Waals surface area contributed by atoms with Gasteiger partial charge in [0.1, 0.15) is 18.0 Å². The highest BCUT2D eigenvalue weighted by atomic mass is 16.6. The fourth-order valence-corrected chi connectivity index (χ4v) is 4.76. The highest BCUT2D eigenvalue weighted by Gasteiger charge is 2.24. The van der Waals surface area contributed by atoms with E-state index >= 15 is 0 Å². The second kappa shape index (κ2) is 14.3. The number of hydrogen-bond donors (Lipinski definition) is 1. The third-order valence-corrected chi connectivity index (χ3v) is 6.93. The zero-order valence-corrected chi connectivity index (χ0v) is 27.7. The lowest BCUT2D eigenvalue weighted by Gasteiger charge is -2.30. The molecule has 12 heteroatoms. The predicted octanol–water partition coefficient (Wildman–Crippen LogP) is 7.39. The fourth-order valence-electron chi connectivity index (χ4n) is 4.76. The first-order valence-corrected chi connectivity index (χ1v) is 15.3. The van der Waals surface area contributed by atoms with Crippen LogP contribution in [0.2, 0.25) is 0 Å². The fraction of sp³-hybridized carbons (Fsp3) is 0.314. The number of amides is 1. The Morgan fingerprint density at radius 2 is 1.62 bits per heavy atom. The minimum absolute atomic E-state index is 0.0539. The number of rotatable bonds is 12. The largest absolute Gasteiger partial charge is 0.493 e. The van der Waals surface area contributed by atoms with Gasteiger partial charge >= 0.3 is 12.1 Å². The van der Waals surface area contributed by atoms with Gasteiger partial charge in [-0.15, -0.1) is 0 Å². The summed E-state index contributed by atoms with van der Waals surface area (Å²) in [5.41, 5.74) is 1.66.